The van der Waals surface area contributed by atoms with E-state index in [-0.39, 0.29) is 39.5 Å². The van der Waals surface area contributed by atoms with E-state index in [1.807, 2.05) is 30.3 Å². The molecule has 3 aromatic carbocycles. The van der Waals surface area contributed by atoms with Gasteiger partial charge in [0.1, 0.15) is 39.9 Å². The van der Waals surface area contributed by atoms with Crippen LogP contribution in [0.4, 0.5) is 0 Å². The number of nitrogens with two attached hydrogens (primary N) is 1. The normalized spacial score (nSPS) is 14.7. The molecule has 35 heavy (non-hydrogen) atoms. The Labute approximate surface area is 200 Å². The summed E-state index contributed by atoms with van der Waals surface area (Å²) in [6, 6.07) is 19.2. The minimum atomic E-state index is -0.883. The third-order valence-electron chi connectivity index (χ3n) is 5.98. The van der Waals surface area contributed by atoms with Gasteiger partial charge in [0.2, 0.25) is 5.88 Å². The molecule has 1 aliphatic heterocycles. The van der Waals surface area contributed by atoms with Crippen LogP contribution in [-0.4, -0.2) is 19.3 Å². The van der Waals surface area contributed by atoms with Crippen LogP contribution in [0.1, 0.15) is 17.0 Å². The molecule has 3 N–H and O–H groups in total. The molecule has 8 nitrogen and oxygen atoms in total. The highest BCUT2D eigenvalue weighted by Crippen LogP contribution is 2.51. The lowest BCUT2D eigenvalue weighted by Gasteiger charge is -2.28. The van der Waals surface area contributed by atoms with Gasteiger partial charge in [-0.1, -0.05) is 42.5 Å². The van der Waals surface area contributed by atoms with Crippen molar-refractivity contribution in [3.8, 4) is 40.4 Å². The topological polar surface area (TPSA) is 128 Å². The van der Waals surface area contributed by atoms with Gasteiger partial charge in [-0.2, -0.15) is 5.26 Å². The zero-order chi connectivity index (χ0) is 24.7. The second-order valence-electron chi connectivity index (χ2n) is 7.86. The third-order valence-corrected chi connectivity index (χ3v) is 5.98. The van der Waals surface area contributed by atoms with E-state index < -0.39 is 11.3 Å². The van der Waals surface area contributed by atoms with Gasteiger partial charge in [0.15, 0.2) is 16.9 Å². The number of phenols is 1. The van der Waals surface area contributed by atoms with Crippen LogP contribution in [0.3, 0.4) is 0 Å². The third kappa shape index (κ3) is 3.42. The van der Waals surface area contributed by atoms with E-state index in [0.29, 0.717) is 28.4 Å². The fourth-order valence-corrected chi connectivity index (χ4v) is 4.43. The van der Waals surface area contributed by atoms with Crippen molar-refractivity contribution in [2.45, 2.75) is 5.92 Å². The Balaban J connectivity index is 1.82. The highest BCUT2D eigenvalue weighted by molar-refractivity contribution is 5.89. The number of methoxy groups -OCH3 is 2. The van der Waals surface area contributed by atoms with Crippen molar-refractivity contribution in [3.63, 3.8) is 0 Å². The molecule has 0 amide bonds. The Morgan fingerprint density at radius 3 is 2.51 bits per heavy atom. The van der Waals surface area contributed by atoms with Gasteiger partial charge in [0, 0.05) is 23.3 Å². The molecule has 1 aliphatic rings. The molecule has 0 aliphatic carbocycles. The minimum Gasteiger partial charge on any atom is -0.507 e. The highest BCUT2D eigenvalue weighted by atomic mass is 16.5. The molecule has 0 saturated carbocycles. The summed E-state index contributed by atoms with van der Waals surface area (Å²) in [6.45, 7) is 0. The van der Waals surface area contributed by atoms with Crippen molar-refractivity contribution in [2.24, 2.45) is 5.73 Å². The fourth-order valence-electron chi connectivity index (χ4n) is 4.43. The summed E-state index contributed by atoms with van der Waals surface area (Å²) in [4.78, 5) is 13.2. The van der Waals surface area contributed by atoms with Crippen molar-refractivity contribution in [3.05, 3.63) is 93.5 Å². The average molecular weight is 468 g/mol. The number of phenolic OH excluding ortho intramolecular Hbond substituents is 1. The molecule has 1 atom stereocenters. The molecule has 1 aromatic heterocycles. The molecule has 0 bridgehead atoms. The summed E-state index contributed by atoms with van der Waals surface area (Å²) < 4.78 is 22.7. The van der Waals surface area contributed by atoms with E-state index in [1.165, 1.54) is 26.4 Å². The molecule has 8 heteroatoms. The van der Waals surface area contributed by atoms with Gasteiger partial charge in [0.25, 0.3) is 0 Å². The van der Waals surface area contributed by atoms with Gasteiger partial charge in [-0.15, -0.1) is 0 Å². The summed E-state index contributed by atoms with van der Waals surface area (Å²) in [5.41, 5.74) is 7.28. The standard InChI is InChI=1S/C27H20N2O6/c1-32-18-10-6-9-15(26(18)33-2)22-16(13-28)27(29)35-21-12-20-23(25(31)24(21)22)17(30)11-19(34-20)14-7-4-3-5-8-14/h3-12,22,31H,29H2,1-2H3. The number of ether oxygens (including phenoxy) is 3. The number of hydrogen-bond acceptors (Lipinski definition) is 8. The maximum atomic E-state index is 13.2. The minimum absolute atomic E-state index is 0.0309. The Hall–Kier alpha value is -4.90. The van der Waals surface area contributed by atoms with Crippen molar-refractivity contribution in [2.75, 3.05) is 14.2 Å². The number of hydrogen-bond donors (Lipinski definition) is 2. The van der Waals surface area contributed by atoms with Gasteiger partial charge < -0.3 is 29.5 Å². The second-order valence-corrected chi connectivity index (χ2v) is 7.86. The quantitative estimate of drug-likeness (QED) is 0.451. The smallest absolute Gasteiger partial charge is 0.205 e. The van der Waals surface area contributed by atoms with Crippen LogP contribution in [0, 0.1) is 11.3 Å². The van der Waals surface area contributed by atoms with Crippen LogP contribution < -0.4 is 25.4 Å². The molecule has 0 spiro atoms. The maximum Gasteiger partial charge on any atom is 0.205 e. The number of benzene rings is 3. The van der Waals surface area contributed by atoms with Gasteiger partial charge in [-0.25, -0.2) is 0 Å². The largest absolute Gasteiger partial charge is 0.507 e. The van der Waals surface area contributed by atoms with Crippen molar-refractivity contribution < 1.29 is 23.7 Å². The molecule has 0 fully saturated rings. The number of allylic oxidation sites excluding steroid dienone is 1. The molecule has 5 rings (SSSR count). The molecule has 0 saturated heterocycles. The summed E-state index contributed by atoms with van der Waals surface area (Å²) in [5.74, 6) is -0.0802. The van der Waals surface area contributed by atoms with Crippen LogP contribution >= 0.6 is 0 Å². The number of nitrogens with zero attached hydrogens (tertiary/aromatic N) is 1. The number of rotatable bonds is 4. The van der Waals surface area contributed by atoms with E-state index in [2.05, 4.69) is 6.07 Å². The molecule has 174 valence electrons. The highest BCUT2D eigenvalue weighted by Gasteiger charge is 2.37. The number of fused-ring (bicyclic) bond motifs is 2. The Morgan fingerprint density at radius 1 is 1.06 bits per heavy atom. The van der Waals surface area contributed by atoms with Crippen LogP contribution in [0.25, 0.3) is 22.3 Å². The van der Waals surface area contributed by atoms with Gasteiger partial charge in [-0.3, -0.25) is 4.79 Å². The average Bonchev–Trinajstić information content (AvgIpc) is 2.87. The molecule has 1 unspecified atom stereocenters. The van der Waals surface area contributed by atoms with E-state index in [4.69, 9.17) is 24.4 Å². The van der Waals surface area contributed by atoms with Crippen molar-refractivity contribution >= 4 is 11.0 Å². The summed E-state index contributed by atoms with van der Waals surface area (Å²) in [7, 11) is 2.97. The fraction of sp³-hybridized carbons (Fsp3) is 0.111. The second kappa shape index (κ2) is 8.47. The molecule has 2 heterocycles. The van der Waals surface area contributed by atoms with E-state index in [9.17, 15) is 15.2 Å². The van der Waals surface area contributed by atoms with Crippen molar-refractivity contribution in [1.82, 2.24) is 0 Å². The van der Waals surface area contributed by atoms with Gasteiger partial charge >= 0.3 is 0 Å². The first kappa shape index (κ1) is 21.9. The molecule has 4 aromatic rings. The van der Waals surface area contributed by atoms with Gasteiger partial charge in [0.05, 0.1) is 25.7 Å². The summed E-state index contributed by atoms with van der Waals surface area (Å²) in [6.07, 6.45) is 0. The number of para-hydroxylation sites is 1. The van der Waals surface area contributed by atoms with Gasteiger partial charge in [-0.05, 0) is 6.07 Å². The van der Waals surface area contributed by atoms with Crippen LogP contribution in [0.2, 0.25) is 0 Å². The Bertz CT molecular complexity index is 1600. The lowest BCUT2D eigenvalue weighted by Crippen LogP contribution is -2.22. The lowest BCUT2D eigenvalue weighted by atomic mass is 9.81. The molecular formula is C27H20N2O6. The monoisotopic (exact) mass is 468 g/mol. The first-order valence-corrected chi connectivity index (χ1v) is 10.7. The molecule has 0 radical (unpaired) electrons. The SMILES string of the molecule is COc1cccc(C2C(C#N)=C(N)Oc3cc4oc(-c5ccccc5)cc(=O)c4c(O)c32)c1OC. The first-order chi connectivity index (χ1) is 17.0. The zero-order valence-electron chi connectivity index (χ0n) is 18.9. The predicted octanol–water partition coefficient (Wildman–Crippen LogP) is 4.40. The Kier molecular flexibility index (Phi) is 5.30. The van der Waals surface area contributed by atoms with Crippen LogP contribution in [0.5, 0.6) is 23.0 Å². The first-order valence-electron chi connectivity index (χ1n) is 10.7. The zero-order valence-corrected chi connectivity index (χ0v) is 18.9. The Morgan fingerprint density at radius 2 is 1.83 bits per heavy atom. The predicted molar refractivity (Wildman–Crippen MR) is 128 cm³/mol. The van der Waals surface area contributed by atoms with E-state index >= 15 is 0 Å². The summed E-state index contributed by atoms with van der Waals surface area (Å²) >= 11 is 0. The summed E-state index contributed by atoms with van der Waals surface area (Å²) in [5, 5.41) is 21.3. The maximum absolute atomic E-state index is 13.2. The number of nitriles is 1. The number of aromatic hydroxyl groups is 1. The van der Waals surface area contributed by atoms with E-state index in [1.54, 1.807) is 18.2 Å². The molecular weight excluding hydrogens is 448 g/mol. The van der Waals surface area contributed by atoms with Crippen LogP contribution in [-0.2, 0) is 0 Å². The van der Waals surface area contributed by atoms with Crippen molar-refractivity contribution in [1.29, 1.82) is 5.26 Å². The van der Waals surface area contributed by atoms with E-state index in [0.717, 1.165) is 0 Å². The van der Waals surface area contributed by atoms with Crippen LogP contribution in [0.15, 0.2) is 81.3 Å². The lowest BCUT2D eigenvalue weighted by molar-refractivity contribution is 0.348.